The molecule has 3 heteroatoms. The summed E-state index contributed by atoms with van der Waals surface area (Å²) in [7, 11) is -1.86. The maximum absolute atomic E-state index is 4.65. The number of aromatic nitrogens is 2. The smallest absolute Gasteiger partial charge is 0.145 e. The highest BCUT2D eigenvalue weighted by Gasteiger charge is 2.46. The second-order valence-electron chi connectivity index (χ2n) is 6.49. The maximum atomic E-state index is 4.65. The molecule has 0 radical (unpaired) electrons. The summed E-state index contributed by atoms with van der Waals surface area (Å²) in [6, 6.07) is 32.7. The molecule has 1 heterocycles. The van der Waals surface area contributed by atoms with E-state index in [0.717, 1.165) is 17.7 Å². The van der Waals surface area contributed by atoms with Crippen LogP contribution in [-0.2, 0) is 6.16 Å². The van der Waals surface area contributed by atoms with Gasteiger partial charge in [0.1, 0.15) is 35.2 Å². The Labute approximate surface area is 155 Å². The van der Waals surface area contributed by atoms with Crippen LogP contribution in [0.15, 0.2) is 97.2 Å². The minimum absolute atomic E-state index is 0.888. The Morgan fingerprint density at radius 2 is 1.12 bits per heavy atom. The average molecular weight is 357 g/mol. The van der Waals surface area contributed by atoms with Crippen molar-refractivity contribution in [1.29, 1.82) is 0 Å². The number of nitrogens with zero attached hydrogens (tertiary/aromatic N) is 1. The van der Waals surface area contributed by atoms with E-state index in [4.69, 9.17) is 0 Å². The molecule has 0 bridgehead atoms. The Balaban J connectivity index is 2.00. The zero-order chi connectivity index (χ0) is 17.8. The number of aryl methyl sites for hydroxylation is 1. The second kappa shape index (κ2) is 7.27. The van der Waals surface area contributed by atoms with E-state index in [1.165, 1.54) is 15.9 Å². The SMILES string of the molecule is Cc1cnc(C[P+](c2ccccc2)(c2ccccc2)c2ccccc2)[nH]1. The van der Waals surface area contributed by atoms with Crippen molar-refractivity contribution >= 4 is 23.2 Å². The molecule has 0 fully saturated rings. The molecule has 3 aromatic carbocycles. The molecule has 26 heavy (non-hydrogen) atoms. The first kappa shape index (κ1) is 16.8. The number of H-pyrrole nitrogens is 1. The van der Waals surface area contributed by atoms with Crippen molar-refractivity contribution in [3.63, 3.8) is 0 Å². The molecule has 0 unspecified atom stereocenters. The van der Waals surface area contributed by atoms with E-state index < -0.39 is 7.26 Å². The van der Waals surface area contributed by atoms with E-state index in [1.54, 1.807) is 0 Å². The van der Waals surface area contributed by atoms with E-state index in [-0.39, 0.29) is 0 Å². The molecule has 0 aliphatic heterocycles. The fourth-order valence-corrected chi connectivity index (χ4v) is 7.64. The highest BCUT2D eigenvalue weighted by molar-refractivity contribution is 7.95. The number of hydrogen-bond acceptors (Lipinski definition) is 1. The number of hydrogen-bond donors (Lipinski definition) is 1. The molecule has 0 aliphatic rings. The monoisotopic (exact) mass is 357 g/mol. The minimum Gasteiger partial charge on any atom is -0.343 e. The molecular weight excluding hydrogens is 335 g/mol. The lowest BCUT2D eigenvalue weighted by atomic mass is 10.4. The molecule has 128 valence electrons. The molecule has 0 amide bonds. The molecule has 0 saturated carbocycles. The lowest BCUT2D eigenvalue weighted by molar-refractivity contribution is 1.10. The third-order valence-corrected chi connectivity index (χ3v) is 9.05. The van der Waals surface area contributed by atoms with E-state index in [1.807, 2.05) is 6.20 Å². The van der Waals surface area contributed by atoms with Gasteiger partial charge in [-0.3, -0.25) is 0 Å². The van der Waals surface area contributed by atoms with E-state index >= 15 is 0 Å². The largest absolute Gasteiger partial charge is 0.343 e. The summed E-state index contributed by atoms with van der Waals surface area (Å²) in [6.07, 6.45) is 2.81. The Bertz CT molecular complexity index is 866. The summed E-state index contributed by atoms with van der Waals surface area (Å²) in [5, 5.41) is 4.14. The first-order valence-corrected chi connectivity index (χ1v) is 10.8. The summed E-state index contributed by atoms with van der Waals surface area (Å²) in [5.74, 6) is 1.05. The van der Waals surface area contributed by atoms with Crippen LogP contribution in [-0.4, -0.2) is 9.97 Å². The molecule has 4 rings (SSSR count). The Morgan fingerprint density at radius 3 is 1.46 bits per heavy atom. The van der Waals surface area contributed by atoms with Crippen molar-refractivity contribution in [2.24, 2.45) is 0 Å². The van der Waals surface area contributed by atoms with Crippen molar-refractivity contribution < 1.29 is 0 Å². The molecule has 4 aromatic rings. The third-order valence-electron chi connectivity index (χ3n) is 4.73. The van der Waals surface area contributed by atoms with Crippen molar-refractivity contribution in [3.05, 3.63) is 109 Å². The summed E-state index contributed by atoms with van der Waals surface area (Å²) in [4.78, 5) is 8.11. The van der Waals surface area contributed by atoms with Crippen LogP contribution >= 0.6 is 7.26 Å². The summed E-state index contributed by atoms with van der Waals surface area (Å²) in [6.45, 7) is 2.06. The highest BCUT2D eigenvalue weighted by Crippen LogP contribution is 2.57. The van der Waals surface area contributed by atoms with Crippen LogP contribution in [0.2, 0.25) is 0 Å². The predicted octanol–water partition coefficient (Wildman–Crippen LogP) is 4.21. The van der Waals surface area contributed by atoms with Gasteiger partial charge in [0.2, 0.25) is 0 Å². The van der Waals surface area contributed by atoms with Crippen LogP contribution in [0, 0.1) is 6.92 Å². The van der Waals surface area contributed by atoms with Crippen LogP contribution in [0.25, 0.3) is 0 Å². The molecule has 2 nitrogen and oxygen atoms in total. The van der Waals surface area contributed by atoms with Crippen LogP contribution in [0.4, 0.5) is 0 Å². The standard InChI is InChI=1S/C23H22N2P/c1-19-17-24-23(25-19)18-26(20-11-5-2-6-12-20,21-13-7-3-8-14-21)22-15-9-4-10-16-22/h2-17H,18H2,1H3,(H,24,25)/q+1. The average Bonchev–Trinajstić information content (AvgIpc) is 3.13. The molecular formula is C23H22N2P+. The van der Waals surface area contributed by atoms with E-state index in [9.17, 15) is 0 Å². The van der Waals surface area contributed by atoms with Crippen molar-refractivity contribution in [3.8, 4) is 0 Å². The van der Waals surface area contributed by atoms with Crippen LogP contribution in [0.3, 0.4) is 0 Å². The highest BCUT2D eigenvalue weighted by atomic mass is 31.2. The van der Waals surface area contributed by atoms with Gasteiger partial charge in [-0.15, -0.1) is 0 Å². The quantitative estimate of drug-likeness (QED) is 0.533. The minimum atomic E-state index is -1.86. The third kappa shape index (κ3) is 3.09. The molecule has 0 aliphatic carbocycles. The normalized spacial score (nSPS) is 11.4. The van der Waals surface area contributed by atoms with Gasteiger partial charge in [0.05, 0.1) is 0 Å². The fraction of sp³-hybridized carbons (Fsp3) is 0.0870. The predicted molar refractivity (Wildman–Crippen MR) is 112 cm³/mol. The topological polar surface area (TPSA) is 28.7 Å². The van der Waals surface area contributed by atoms with Crippen molar-refractivity contribution in [2.75, 3.05) is 0 Å². The Hall–Kier alpha value is -2.70. The lowest BCUT2D eigenvalue weighted by Gasteiger charge is -2.26. The van der Waals surface area contributed by atoms with E-state index in [2.05, 4.69) is 108 Å². The molecule has 0 spiro atoms. The zero-order valence-corrected chi connectivity index (χ0v) is 15.7. The van der Waals surface area contributed by atoms with Gasteiger partial charge in [-0.05, 0) is 43.3 Å². The van der Waals surface area contributed by atoms with Gasteiger partial charge in [0.15, 0.2) is 0 Å². The first-order chi connectivity index (χ1) is 12.8. The fourth-order valence-electron chi connectivity index (χ4n) is 3.54. The van der Waals surface area contributed by atoms with Gasteiger partial charge >= 0.3 is 0 Å². The zero-order valence-electron chi connectivity index (χ0n) is 14.8. The van der Waals surface area contributed by atoms with Crippen LogP contribution in [0.5, 0.6) is 0 Å². The molecule has 1 N–H and O–H groups in total. The Kier molecular flexibility index (Phi) is 4.69. The number of aromatic amines is 1. The van der Waals surface area contributed by atoms with Gasteiger partial charge in [-0.25, -0.2) is 4.98 Å². The second-order valence-corrected chi connectivity index (χ2v) is 9.97. The van der Waals surface area contributed by atoms with Crippen LogP contribution < -0.4 is 15.9 Å². The lowest BCUT2D eigenvalue weighted by Crippen LogP contribution is -2.32. The molecule has 1 aromatic heterocycles. The summed E-state index contributed by atoms with van der Waals surface area (Å²) >= 11 is 0. The maximum Gasteiger partial charge on any atom is 0.145 e. The van der Waals surface area contributed by atoms with Gasteiger partial charge < -0.3 is 4.98 Å². The first-order valence-electron chi connectivity index (χ1n) is 8.84. The van der Waals surface area contributed by atoms with Gasteiger partial charge in [-0.1, -0.05) is 54.6 Å². The molecule has 0 atom stereocenters. The summed E-state index contributed by atoms with van der Waals surface area (Å²) < 4.78 is 0. The Morgan fingerprint density at radius 1 is 0.692 bits per heavy atom. The van der Waals surface area contributed by atoms with Gasteiger partial charge in [0.25, 0.3) is 0 Å². The van der Waals surface area contributed by atoms with Crippen LogP contribution in [0.1, 0.15) is 11.5 Å². The van der Waals surface area contributed by atoms with Crippen molar-refractivity contribution in [2.45, 2.75) is 13.1 Å². The number of imidazole rings is 1. The number of nitrogens with one attached hydrogen (secondary N) is 1. The van der Waals surface area contributed by atoms with Gasteiger partial charge in [-0.2, -0.15) is 0 Å². The number of benzene rings is 3. The summed E-state index contributed by atoms with van der Waals surface area (Å²) in [5.41, 5.74) is 1.10. The van der Waals surface area contributed by atoms with Crippen molar-refractivity contribution in [1.82, 2.24) is 9.97 Å². The molecule has 0 saturated heterocycles. The number of rotatable bonds is 5. The van der Waals surface area contributed by atoms with E-state index in [0.29, 0.717) is 0 Å². The van der Waals surface area contributed by atoms with Gasteiger partial charge in [0, 0.05) is 11.9 Å².